The number of rotatable bonds is 4. The summed E-state index contributed by atoms with van der Waals surface area (Å²) in [7, 11) is 0. The topological polar surface area (TPSA) is 32.3 Å². The molecule has 0 aromatic heterocycles. The lowest BCUT2D eigenvalue weighted by molar-refractivity contribution is -0.121. The molecule has 1 saturated heterocycles. The van der Waals surface area contributed by atoms with Gasteiger partial charge in [-0.25, -0.2) is 8.78 Å². The number of piperidine rings is 1. The Labute approximate surface area is 140 Å². The van der Waals surface area contributed by atoms with Crippen molar-refractivity contribution < 1.29 is 13.6 Å². The van der Waals surface area contributed by atoms with Crippen molar-refractivity contribution >= 4 is 11.6 Å². The largest absolute Gasteiger partial charge is 0.371 e. The van der Waals surface area contributed by atoms with Crippen LogP contribution in [0.4, 0.5) is 14.5 Å². The Balaban J connectivity index is 1.48. The van der Waals surface area contributed by atoms with Gasteiger partial charge in [0, 0.05) is 24.8 Å². The number of anilines is 1. The summed E-state index contributed by atoms with van der Waals surface area (Å²) in [5.41, 5.74) is 1.68. The zero-order chi connectivity index (χ0) is 16.9. The van der Waals surface area contributed by atoms with E-state index in [9.17, 15) is 13.6 Å². The summed E-state index contributed by atoms with van der Waals surface area (Å²) >= 11 is 0. The molecule has 2 aromatic rings. The Hall–Kier alpha value is -2.43. The molecule has 2 aromatic carbocycles. The minimum atomic E-state index is -0.326. The predicted octanol–water partition coefficient (Wildman–Crippen LogP) is 3.29. The summed E-state index contributed by atoms with van der Waals surface area (Å²) in [4.78, 5) is 14.3. The molecule has 3 rings (SSSR count). The van der Waals surface area contributed by atoms with Gasteiger partial charge in [-0.1, -0.05) is 12.1 Å². The fourth-order valence-electron chi connectivity index (χ4n) is 3.04. The number of nitrogens with zero attached hydrogens (tertiary/aromatic N) is 1. The van der Waals surface area contributed by atoms with Gasteiger partial charge < -0.3 is 10.2 Å². The zero-order valence-corrected chi connectivity index (χ0v) is 13.3. The third-order valence-corrected chi connectivity index (χ3v) is 4.31. The molecule has 1 N–H and O–H groups in total. The second kappa shape index (κ2) is 7.43. The van der Waals surface area contributed by atoms with E-state index in [1.807, 2.05) is 0 Å². The van der Waals surface area contributed by atoms with Crippen LogP contribution in [0.2, 0.25) is 0 Å². The van der Waals surface area contributed by atoms with Crippen molar-refractivity contribution in [3.8, 4) is 0 Å². The minimum absolute atomic E-state index is 0.0826. The van der Waals surface area contributed by atoms with E-state index >= 15 is 0 Å². The molecule has 1 aliphatic rings. The van der Waals surface area contributed by atoms with E-state index < -0.39 is 0 Å². The van der Waals surface area contributed by atoms with Gasteiger partial charge in [0.2, 0.25) is 5.91 Å². The molecule has 1 fully saturated rings. The first-order valence-electron chi connectivity index (χ1n) is 8.14. The normalized spacial score (nSPS) is 15.3. The van der Waals surface area contributed by atoms with Crippen LogP contribution in [0.5, 0.6) is 0 Å². The lowest BCUT2D eigenvalue weighted by Crippen LogP contribution is -2.45. The van der Waals surface area contributed by atoms with Gasteiger partial charge in [-0.05, 0) is 54.8 Å². The summed E-state index contributed by atoms with van der Waals surface area (Å²) in [6.07, 6.45) is 1.87. The van der Waals surface area contributed by atoms with Crippen LogP contribution < -0.4 is 10.2 Å². The van der Waals surface area contributed by atoms with Crippen LogP contribution in [0.25, 0.3) is 0 Å². The Morgan fingerprint density at radius 3 is 2.42 bits per heavy atom. The molecular formula is C19H20F2N2O. The van der Waals surface area contributed by atoms with Crippen LogP contribution >= 0.6 is 0 Å². The van der Waals surface area contributed by atoms with E-state index in [0.717, 1.165) is 31.6 Å². The van der Waals surface area contributed by atoms with Gasteiger partial charge in [0.05, 0.1) is 6.42 Å². The summed E-state index contributed by atoms with van der Waals surface area (Å²) < 4.78 is 26.1. The van der Waals surface area contributed by atoms with Crippen LogP contribution in [0.3, 0.4) is 0 Å². The highest BCUT2D eigenvalue weighted by Crippen LogP contribution is 2.20. The first-order chi connectivity index (χ1) is 11.6. The van der Waals surface area contributed by atoms with Crippen molar-refractivity contribution in [3.05, 3.63) is 65.7 Å². The number of carbonyl (C=O) groups is 1. The lowest BCUT2D eigenvalue weighted by atomic mass is 10.0. The van der Waals surface area contributed by atoms with Gasteiger partial charge in [-0.3, -0.25) is 4.79 Å². The minimum Gasteiger partial charge on any atom is -0.371 e. The Morgan fingerprint density at radius 1 is 1.04 bits per heavy atom. The number of carbonyl (C=O) groups excluding carboxylic acids is 1. The second-order valence-corrected chi connectivity index (χ2v) is 6.11. The fourth-order valence-corrected chi connectivity index (χ4v) is 3.04. The standard InChI is InChI=1S/C19H20F2N2O/c20-15-4-6-18(7-5-15)23-10-8-17(9-11-23)22-19(24)13-14-2-1-3-16(21)12-14/h1-7,12,17H,8-11,13H2,(H,22,24). The fraction of sp³-hybridized carbons (Fsp3) is 0.316. The third kappa shape index (κ3) is 4.31. The molecule has 0 atom stereocenters. The maximum absolute atomic E-state index is 13.1. The van der Waals surface area contributed by atoms with Gasteiger partial charge in [0.1, 0.15) is 11.6 Å². The highest BCUT2D eigenvalue weighted by atomic mass is 19.1. The highest BCUT2D eigenvalue weighted by molar-refractivity contribution is 5.78. The summed E-state index contributed by atoms with van der Waals surface area (Å²) in [6, 6.07) is 12.7. The molecule has 24 heavy (non-hydrogen) atoms. The molecule has 1 heterocycles. The van der Waals surface area contributed by atoms with Crippen molar-refractivity contribution in [1.82, 2.24) is 5.32 Å². The summed E-state index contributed by atoms with van der Waals surface area (Å²) in [5.74, 6) is -0.646. The first-order valence-corrected chi connectivity index (χ1v) is 8.14. The Bertz CT molecular complexity index is 695. The smallest absolute Gasteiger partial charge is 0.224 e. The van der Waals surface area contributed by atoms with Crippen LogP contribution in [0.15, 0.2) is 48.5 Å². The molecule has 1 aliphatic heterocycles. The van der Waals surface area contributed by atoms with Crippen molar-refractivity contribution in [2.75, 3.05) is 18.0 Å². The molecular weight excluding hydrogens is 310 g/mol. The summed E-state index contributed by atoms with van der Waals surface area (Å²) in [5, 5.41) is 3.02. The number of nitrogens with one attached hydrogen (secondary N) is 1. The van der Waals surface area contributed by atoms with Gasteiger partial charge in [-0.2, -0.15) is 0 Å². The van der Waals surface area contributed by atoms with Crippen LogP contribution in [0.1, 0.15) is 18.4 Å². The first kappa shape index (κ1) is 16.4. The van der Waals surface area contributed by atoms with Crippen molar-refractivity contribution in [2.24, 2.45) is 0 Å². The van der Waals surface area contributed by atoms with Gasteiger partial charge in [0.15, 0.2) is 0 Å². The maximum atomic E-state index is 13.1. The predicted molar refractivity (Wildman–Crippen MR) is 89.9 cm³/mol. The number of amides is 1. The number of halogens is 2. The van der Waals surface area contributed by atoms with Crippen LogP contribution in [0, 0.1) is 11.6 Å². The highest BCUT2D eigenvalue weighted by Gasteiger charge is 2.21. The van der Waals surface area contributed by atoms with Gasteiger partial charge in [-0.15, -0.1) is 0 Å². The molecule has 0 spiro atoms. The maximum Gasteiger partial charge on any atom is 0.224 e. The SMILES string of the molecule is O=C(Cc1cccc(F)c1)NC1CCN(c2ccc(F)cc2)CC1. The average molecular weight is 330 g/mol. The van der Waals surface area contributed by atoms with E-state index in [2.05, 4.69) is 10.2 Å². The van der Waals surface area contributed by atoms with E-state index in [-0.39, 0.29) is 30.0 Å². The van der Waals surface area contributed by atoms with Crippen LogP contribution in [-0.2, 0) is 11.2 Å². The monoisotopic (exact) mass is 330 g/mol. The van der Waals surface area contributed by atoms with Gasteiger partial charge >= 0.3 is 0 Å². The molecule has 1 amide bonds. The number of hydrogen-bond acceptors (Lipinski definition) is 2. The zero-order valence-electron chi connectivity index (χ0n) is 13.3. The third-order valence-electron chi connectivity index (χ3n) is 4.31. The molecule has 5 heteroatoms. The van der Waals surface area contributed by atoms with Gasteiger partial charge in [0.25, 0.3) is 0 Å². The Morgan fingerprint density at radius 2 is 1.75 bits per heavy atom. The quantitative estimate of drug-likeness (QED) is 0.933. The number of hydrogen-bond donors (Lipinski definition) is 1. The molecule has 0 radical (unpaired) electrons. The van der Waals surface area contributed by atoms with E-state index in [1.165, 1.54) is 24.3 Å². The second-order valence-electron chi connectivity index (χ2n) is 6.11. The molecule has 0 aliphatic carbocycles. The van der Waals surface area contributed by atoms with Crippen molar-refractivity contribution in [1.29, 1.82) is 0 Å². The van der Waals surface area contributed by atoms with E-state index in [0.29, 0.717) is 5.56 Å². The van der Waals surface area contributed by atoms with Crippen molar-refractivity contribution in [3.63, 3.8) is 0 Å². The molecule has 126 valence electrons. The Kier molecular flexibility index (Phi) is 5.08. The van der Waals surface area contributed by atoms with Crippen LogP contribution in [-0.4, -0.2) is 25.0 Å². The molecule has 0 unspecified atom stereocenters. The van der Waals surface area contributed by atoms with E-state index in [1.54, 1.807) is 24.3 Å². The van der Waals surface area contributed by atoms with E-state index in [4.69, 9.17) is 0 Å². The lowest BCUT2D eigenvalue weighted by Gasteiger charge is -2.34. The molecule has 0 saturated carbocycles. The number of benzene rings is 2. The summed E-state index contributed by atoms with van der Waals surface area (Å²) in [6.45, 7) is 1.63. The molecule has 3 nitrogen and oxygen atoms in total. The average Bonchev–Trinajstić information content (AvgIpc) is 2.56. The molecule has 0 bridgehead atoms. The van der Waals surface area contributed by atoms with Crippen molar-refractivity contribution in [2.45, 2.75) is 25.3 Å².